The van der Waals surface area contributed by atoms with Gasteiger partial charge in [0.15, 0.2) is 9.84 Å². The molecule has 0 amide bonds. The molecule has 0 aromatic heterocycles. The van der Waals surface area contributed by atoms with Crippen molar-refractivity contribution in [3.63, 3.8) is 0 Å². The minimum absolute atomic E-state index is 0.0860. The van der Waals surface area contributed by atoms with Gasteiger partial charge in [-0.1, -0.05) is 17.7 Å². The molecule has 0 bridgehead atoms. The molecule has 1 aromatic carbocycles. The number of nitrogens with zero attached hydrogens (tertiary/aromatic N) is 1. The Bertz CT molecular complexity index is 558. The number of halogens is 2. The summed E-state index contributed by atoms with van der Waals surface area (Å²) in [6, 6.07) is 4.60. The molecule has 0 fully saturated rings. The molecule has 0 unspecified atom stereocenters. The molecule has 1 rings (SSSR count). The van der Waals surface area contributed by atoms with Crippen molar-refractivity contribution >= 4 is 21.4 Å². The summed E-state index contributed by atoms with van der Waals surface area (Å²) in [5.41, 5.74) is 0.758. The Morgan fingerprint density at radius 2 is 1.95 bits per heavy atom. The second-order valence-electron chi connectivity index (χ2n) is 5.45. The van der Waals surface area contributed by atoms with Gasteiger partial charge in [-0.2, -0.15) is 0 Å². The molecule has 0 aliphatic rings. The monoisotopic (exact) mass is 307 g/mol. The number of hydrogen-bond donors (Lipinski definition) is 0. The van der Waals surface area contributed by atoms with Crippen LogP contribution in [0.2, 0.25) is 5.02 Å². The van der Waals surface area contributed by atoms with Crippen molar-refractivity contribution in [1.29, 1.82) is 0 Å². The third kappa shape index (κ3) is 4.44. The Morgan fingerprint density at radius 1 is 1.37 bits per heavy atom. The summed E-state index contributed by atoms with van der Waals surface area (Å²) in [4.78, 5) is 1.85. The first-order valence-electron chi connectivity index (χ1n) is 5.85. The molecule has 0 aliphatic carbocycles. The Balaban J connectivity index is 2.75. The Morgan fingerprint density at radius 3 is 2.42 bits per heavy atom. The molecular weight excluding hydrogens is 289 g/mol. The van der Waals surface area contributed by atoms with Crippen LogP contribution in [-0.2, 0) is 16.4 Å². The highest BCUT2D eigenvalue weighted by molar-refractivity contribution is 7.92. The van der Waals surface area contributed by atoms with Crippen LogP contribution in [0.15, 0.2) is 18.2 Å². The highest BCUT2D eigenvalue weighted by atomic mass is 35.5. The maximum atomic E-state index is 13.3. The molecule has 0 spiro atoms. The van der Waals surface area contributed by atoms with Gasteiger partial charge in [-0.15, -0.1) is 0 Å². The molecule has 3 nitrogen and oxygen atoms in total. The maximum Gasteiger partial charge on any atom is 0.153 e. The Kier molecular flexibility index (Phi) is 4.98. The van der Waals surface area contributed by atoms with E-state index in [0.29, 0.717) is 13.1 Å². The van der Waals surface area contributed by atoms with E-state index in [2.05, 4.69) is 0 Å². The van der Waals surface area contributed by atoms with Crippen LogP contribution in [0.3, 0.4) is 0 Å². The largest absolute Gasteiger partial charge is 0.301 e. The van der Waals surface area contributed by atoms with Crippen LogP contribution in [0, 0.1) is 5.82 Å². The van der Waals surface area contributed by atoms with Crippen LogP contribution >= 0.6 is 11.6 Å². The average Bonchev–Trinajstić information content (AvgIpc) is 2.21. The molecule has 0 aliphatic heterocycles. The van der Waals surface area contributed by atoms with Crippen molar-refractivity contribution in [1.82, 2.24) is 4.90 Å². The standard InChI is InChI=1S/C13H19ClFNO2S/c1-13(2,19(4,17)18)9-16(3)8-10-5-6-11(14)12(15)7-10/h5-7H,8-9H2,1-4H3. The van der Waals surface area contributed by atoms with Gasteiger partial charge in [0.1, 0.15) is 5.82 Å². The van der Waals surface area contributed by atoms with Gasteiger partial charge in [0.05, 0.1) is 9.77 Å². The molecule has 0 saturated heterocycles. The van der Waals surface area contributed by atoms with E-state index in [1.54, 1.807) is 27.0 Å². The summed E-state index contributed by atoms with van der Waals surface area (Å²) in [5, 5.41) is 0.0860. The quantitative estimate of drug-likeness (QED) is 0.839. The summed E-state index contributed by atoms with van der Waals surface area (Å²) in [7, 11) is -1.34. The van der Waals surface area contributed by atoms with E-state index in [9.17, 15) is 12.8 Å². The zero-order valence-corrected chi connectivity index (χ0v) is 13.1. The van der Waals surface area contributed by atoms with E-state index in [1.165, 1.54) is 18.4 Å². The molecule has 19 heavy (non-hydrogen) atoms. The van der Waals surface area contributed by atoms with Gasteiger partial charge in [-0.3, -0.25) is 0 Å². The topological polar surface area (TPSA) is 37.4 Å². The van der Waals surface area contributed by atoms with Crippen LogP contribution in [0.4, 0.5) is 4.39 Å². The lowest BCUT2D eigenvalue weighted by Gasteiger charge is -2.28. The fraction of sp³-hybridized carbons (Fsp3) is 0.538. The number of hydrogen-bond acceptors (Lipinski definition) is 3. The second kappa shape index (κ2) is 5.77. The van der Waals surface area contributed by atoms with Gasteiger partial charge in [-0.05, 0) is 38.6 Å². The number of benzene rings is 1. The third-order valence-electron chi connectivity index (χ3n) is 3.09. The van der Waals surface area contributed by atoms with E-state index in [0.717, 1.165) is 5.56 Å². The van der Waals surface area contributed by atoms with Crippen LogP contribution in [0.1, 0.15) is 19.4 Å². The maximum absolute atomic E-state index is 13.3. The average molecular weight is 308 g/mol. The van der Waals surface area contributed by atoms with Crippen LogP contribution in [0.5, 0.6) is 0 Å². The molecule has 0 N–H and O–H groups in total. The van der Waals surface area contributed by atoms with E-state index in [1.807, 2.05) is 4.90 Å². The van der Waals surface area contributed by atoms with Crippen molar-refractivity contribution in [2.24, 2.45) is 0 Å². The highest BCUT2D eigenvalue weighted by Gasteiger charge is 2.31. The second-order valence-corrected chi connectivity index (χ2v) is 8.51. The van der Waals surface area contributed by atoms with E-state index in [4.69, 9.17) is 11.6 Å². The summed E-state index contributed by atoms with van der Waals surface area (Å²) < 4.78 is 35.7. The van der Waals surface area contributed by atoms with Crippen LogP contribution in [-0.4, -0.2) is 37.9 Å². The molecule has 0 radical (unpaired) electrons. The molecule has 6 heteroatoms. The minimum atomic E-state index is -3.14. The molecular formula is C13H19ClFNO2S. The lowest BCUT2D eigenvalue weighted by Crippen LogP contribution is -2.42. The van der Waals surface area contributed by atoms with Crippen molar-refractivity contribution < 1.29 is 12.8 Å². The lowest BCUT2D eigenvalue weighted by atomic mass is 10.1. The zero-order chi connectivity index (χ0) is 14.8. The summed E-state index contributed by atoms with van der Waals surface area (Å²) >= 11 is 5.62. The first-order chi connectivity index (χ1) is 8.53. The molecule has 0 atom stereocenters. The highest BCUT2D eigenvalue weighted by Crippen LogP contribution is 2.19. The predicted molar refractivity (Wildman–Crippen MR) is 76.7 cm³/mol. The van der Waals surface area contributed by atoms with Gasteiger partial charge in [0.25, 0.3) is 0 Å². The normalized spacial score (nSPS) is 13.0. The first kappa shape index (κ1) is 16.4. The fourth-order valence-electron chi connectivity index (χ4n) is 1.77. The van der Waals surface area contributed by atoms with Gasteiger partial charge >= 0.3 is 0 Å². The molecule has 1 aromatic rings. The minimum Gasteiger partial charge on any atom is -0.301 e. The van der Waals surface area contributed by atoms with Crippen molar-refractivity contribution in [3.05, 3.63) is 34.6 Å². The lowest BCUT2D eigenvalue weighted by molar-refractivity contribution is 0.296. The van der Waals surface area contributed by atoms with Crippen LogP contribution < -0.4 is 0 Å². The summed E-state index contributed by atoms with van der Waals surface area (Å²) in [6.07, 6.45) is 1.22. The van der Waals surface area contributed by atoms with Gasteiger partial charge in [-0.25, -0.2) is 12.8 Å². The Labute approximate surface area is 119 Å². The first-order valence-corrected chi connectivity index (χ1v) is 8.12. The molecule has 108 valence electrons. The smallest absolute Gasteiger partial charge is 0.153 e. The third-order valence-corrected chi connectivity index (χ3v) is 5.53. The van der Waals surface area contributed by atoms with Gasteiger partial charge in [0, 0.05) is 19.3 Å². The van der Waals surface area contributed by atoms with Crippen LogP contribution in [0.25, 0.3) is 0 Å². The van der Waals surface area contributed by atoms with Crippen molar-refractivity contribution in [2.75, 3.05) is 19.8 Å². The van der Waals surface area contributed by atoms with E-state index < -0.39 is 20.4 Å². The Hall–Kier alpha value is -0.650. The van der Waals surface area contributed by atoms with E-state index in [-0.39, 0.29) is 5.02 Å². The van der Waals surface area contributed by atoms with E-state index >= 15 is 0 Å². The van der Waals surface area contributed by atoms with Crippen molar-refractivity contribution in [3.8, 4) is 0 Å². The van der Waals surface area contributed by atoms with Crippen molar-refractivity contribution in [2.45, 2.75) is 25.1 Å². The van der Waals surface area contributed by atoms with Gasteiger partial charge in [0.2, 0.25) is 0 Å². The number of rotatable bonds is 5. The summed E-state index contributed by atoms with van der Waals surface area (Å²) in [6.45, 7) is 4.20. The SMILES string of the molecule is CN(Cc1ccc(Cl)c(F)c1)CC(C)(C)S(C)(=O)=O. The zero-order valence-electron chi connectivity index (χ0n) is 11.6. The molecule has 0 heterocycles. The van der Waals surface area contributed by atoms with Gasteiger partial charge < -0.3 is 4.90 Å². The summed E-state index contributed by atoms with van der Waals surface area (Å²) in [5.74, 6) is -0.463. The molecule has 0 saturated carbocycles. The predicted octanol–water partition coefficient (Wildman–Crippen LogP) is 2.73. The fourth-order valence-corrected chi connectivity index (χ4v) is 2.35. The number of sulfone groups is 1.